The van der Waals surface area contributed by atoms with Crippen LogP contribution in [-0.2, 0) is 14.3 Å². The van der Waals surface area contributed by atoms with Crippen molar-refractivity contribution in [2.45, 2.75) is 52.4 Å². The van der Waals surface area contributed by atoms with E-state index in [-0.39, 0.29) is 17.7 Å². The van der Waals surface area contributed by atoms with E-state index in [1.165, 1.54) is 0 Å². The normalized spacial score (nSPS) is 18.4. The van der Waals surface area contributed by atoms with Gasteiger partial charge in [0.25, 0.3) is 0 Å². The van der Waals surface area contributed by atoms with Gasteiger partial charge in [0.15, 0.2) is 0 Å². The molecule has 92 valence electrons. The van der Waals surface area contributed by atoms with Crippen molar-refractivity contribution < 1.29 is 14.3 Å². The lowest BCUT2D eigenvalue weighted by Crippen LogP contribution is -2.30. The Hall–Kier alpha value is -0.860. The molecule has 1 rings (SSSR count). The molecule has 0 amide bonds. The quantitative estimate of drug-likeness (QED) is 0.516. The number of hydrogen-bond acceptors (Lipinski definition) is 3. The number of Topliss-reactive ketones (excluding diaryl/α,β-unsaturated/α-hetero) is 1. The second-order valence-corrected chi connectivity index (χ2v) is 4.48. The number of ether oxygens (including phenoxy) is 1. The molecule has 1 unspecified atom stereocenters. The average Bonchev–Trinajstić information content (AvgIpc) is 2.78. The van der Waals surface area contributed by atoms with Crippen molar-refractivity contribution in [3.8, 4) is 0 Å². The molecule has 0 aromatic heterocycles. The van der Waals surface area contributed by atoms with Gasteiger partial charge in [-0.25, -0.2) is 0 Å². The van der Waals surface area contributed by atoms with Gasteiger partial charge in [-0.05, 0) is 26.2 Å². The Morgan fingerprint density at radius 1 is 1.25 bits per heavy atom. The lowest BCUT2D eigenvalue weighted by Gasteiger charge is -2.17. The summed E-state index contributed by atoms with van der Waals surface area (Å²) in [4.78, 5) is 23.8. The van der Waals surface area contributed by atoms with E-state index in [4.69, 9.17) is 4.74 Å². The Bertz CT molecular complexity index is 242. The summed E-state index contributed by atoms with van der Waals surface area (Å²) in [5.41, 5.74) is 0. The molecule has 0 N–H and O–H groups in total. The van der Waals surface area contributed by atoms with Crippen LogP contribution in [0.4, 0.5) is 0 Å². The third-order valence-electron chi connectivity index (χ3n) is 3.25. The summed E-state index contributed by atoms with van der Waals surface area (Å²) < 4.78 is 4.98. The molecule has 0 radical (unpaired) electrons. The summed E-state index contributed by atoms with van der Waals surface area (Å²) in [7, 11) is 0. The molecule has 0 bridgehead atoms. The summed E-state index contributed by atoms with van der Waals surface area (Å²) in [6, 6.07) is 0. The van der Waals surface area contributed by atoms with E-state index in [1.54, 1.807) is 6.92 Å². The first-order valence-corrected chi connectivity index (χ1v) is 6.41. The third-order valence-corrected chi connectivity index (χ3v) is 3.25. The number of carbonyl (C=O) groups excluding carboxylic acids is 2. The molecule has 1 aliphatic carbocycles. The Morgan fingerprint density at radius 2 is 1.88 bits per heavy atom. The molecule has 16 heavy (non-hydrogen) atoms. The van der Waals surface area contributed by atoms with Gasteiger partial charge in [0.05, 0.1) is 6.61 Å². The van der Waals surface area contributed by atoms with Gasteiger partial charge in [-0.3, -0.25) is 9.59 Å². The summed E-state index contributed by atoms with van der Waals surface area (Å²) in [5.74, 6) is -0.590. The molecular weight excluding hydrogens is 204 g/mol. The highest BCUT2D eigenvalue weighted by Crippen LogP contribution is 2.29. The molecule has 0 aromatic carbocycles. The van der Waals surface area contributed by atoms with Crippen LogP contribution in [0.1, 0.15) is 52.4 Å². The number of carbonyl (C=O) groups is 2. The molecule has 0 spiro atoms. The second-order valence-electron chi connectivity index (χ2n) is 4.48. The predicted molar refractivity (Wildman–Crippen MR) is 62.0 cm³/mol. The fourth-order valence-corrected chi connectivity index (χ4v) is 2.40. The summed E-state index contributed by atoms with van der Waals surface area (Å²) in [6.07, 6.45) is 5.64. The zero-order valence-corrected chi connectivity index (χ0v) is 10.3. The maximum Gasteiger partial charge on any atom is 0.316 e. The monoisotopic (exact) mass is 226 g/mol. The highest BCUT2D eigenvalue weighted by Gasteiger charge is 2.33. The number of ketones is 1. The van der Waals surface area contributed by atoms with Gasteiger partial charge in [-0.1, -0.05) is 26.2 Å². The lowest BCUT2D eigenvalue weighted by molar-refractivity contribution is -0.152. The van der Waals surface area contributed by atoms with Crippen LogP contribution in [0.5, 0.6) is 0 Å². The number of hydrogen-bond donors (Lipinski definition) is 0. The van der Waals surface area contributed by atoms with Crippen molar-refractivity contribution in [2.24, 2.45) is 11.8 Å². The highest BCUT2D eigenvalue weighted by atomic mass is 16.5. The van der Waals surface area contributed by atoms with Gasteiger partial charge >= 0.3 is 5.97 Å². The maximum absolute atomic E-state index is 12.2. The standard InChI is InChI=1S/C13H22O3/c1-3-7-11(13(15)16-4-2)12(14)10-8-5-6-9-10/h10-11H,3-9H2,1-2H3. The summed E-state index contributed by atoms with van der Waals surface area (Å²) >= 11 is 0. The van der Waals surface area contributed by atoms with E-state index in [9.17, 15) is 9.59 Å². The summed E-state index contributed by atoms with van der Waals surface area (Å²) in [6.45, 7) is 4.13. The molecule has 1 fully saturated rings. The zero-order valence-electron chi connectivity index (χ0n) is 10.3. The largest absolute Gasteiger partial charge is 0.465 e. The molecule has 3 nitrogen and oxygen atoms in total. The van der Waals surface area contributed by atoms with Gasteiger partial charge in [0.2, 0.25) is 0 Å². The average molecular weight is 226 g/mol. The van der Waals surface area contributed by atoms with Crippen molar-refractivity contribution >= 4 is 11.8 Å². The first-order valence-electron chi connectivity index (χ1n) is 6.41. The molecule has 0 heterocycles. The van der Waals surface area contributed by atoms with Crippen LogP contribution < -0.4 is 0 Å². The van der Waals surface area contributed by atoms with Crippen LogP contribution in [0.15, 0.2) is 0 Å². The molecular formula is C13H22O3. The van der Waals surface area contributed by atoms with E-state index in [0.717, 1.165) is 32.1 Å². The zero-order chi connectivity index (χ0) is 12.0. The molecule has 0 aromatic rings. The summed E-state index contributed by atoms with van der Waals surface area (Å²) in [5, 5.41) is 0. The van der Waals surface area contributed by atoms with Crippen LogP contribution in [0.25, 0.3) is 0 Å². The first-order chi connectivity index (χ1) is 7.70. The Labute approximate surface area is 97.5 Å². The van der Waals surface area contributed by atoms with Crippen molar-refractivity contribution in [3.63, 3.8) is 0 Å². The smallest absolute Gasteiger partial charge is 0.316 e. The minimum atomic E-state index is -0.506. The molecule has 1 atom stereocenters. The topological polar surface area (TPSA) is 43.4 Å². The fraction of sp³-hybridized carbons (Fsp3) is 0.846. The van der Waals surface area contributed by atoms with E-state index < -0.39 is 5.92 Å². The van der Waals surface area contributed by atoms with Gasteiger partial charge in [-0.15, -0.1) is 0 Å². The minimum Gasteiger partial charge on any atom is -0.465 e. The van der Waals surface area contributed by atoms with Crippen LogP contribution in [0.3, 0.4) is 0 Å². The van der Waals surface area contributed by atoms with E-state index in [0.29, 0.717) is 13.0 Å². The lowest BCUT2D eigenvalue weighted by atomic mass is 9.88. The van der Waals surface area contributed by atoms with Crippen molar-refractivity contribution in [1.82, 2.24) is 0 Å². The fourth-order valence-electron chi connectivity index (χ4n) is 2.40. The van der Waals surface area contributed by atoms with E-state index in [1.807, 2.05) is 6.92 Å². The van der Waals surface area contributed by atoms with E-state index in [2.05, 4.69) is 0 Å². The van der Waals surface area contributed by atoms with Crippen LogP contribution in [0.2, 0.25) is 0 Å². The Balaban J connectivity index is 2.60. The van der Waals surface area contributed by atoms with Crippen LogP contribution in [0, 0.1) is 11.8 Å². The van der Waals surface area contributed by atoms with Crippen LogP contribution in [-0.4, -0.2) is 18.4 Å². The minimum absolute atomic E-state index is 0.112. The third kappa shape index (κ3) is 3.32. The van der Waals surface area contributed by atoms with Gasteiger partial charge < -0.3 is 4.74 Å². The molecule has 1 saturated carbocycles. The molecule has 1 aliphatic rings. The number of esters is 1. The van der Waals surface area contributed by atoms with Gasteiger partial charge in [-0.2, -0.15) is 0 Å². The molecule has 3 heteroatoms. The van der Waals surface area contributed by atoms with Crippen molar-refractivity contribution in [3.05, 3.63) is 0 Å². The first kappa shape index (κ1) is 13.2. The van der Waals surface area contributed by atoms with Crippen molar-refractivity contribution in [2.75, 3.05) is 6.61 Å². The number of rotatable bonds is 6. The van der Waals surface area contributed by atoms with Gasteiger partial charge in [0.1, 0.15) is 11.7 Å². The predicted octanol–water partition coefficient (Wildman–Crippen LogP) is 2.73. The molecule has 0 saturated heterocycles. The van der Waals surface area contributed by atoms with Crippen LogP contribution >= 0.6 is 0 Å². The SMILES string of the molecule is CCCC(C(=O)OCC)C(=O)C1CCCC1. The highest BCUT2D eigenvalue weighted by molar-refractivity contribution is 6.00. The molecule has 0 aliphatic heterocycles. The Morgan fingerprint density at radius 3 is 2.38 bits per heavy atom. The Kier molecular flexibility index (Phi) is 5.50. The maximum atomic E-state index is 12.2. The van der Waals surface area contributed by atoms with Gasteiger partial charge in [0, 0.05) is 5.92 Å². The van der Waals surface area contributed by atoms with Crippen molar-refractivity contribution in [1.29, 1.82) is 0 Å². The second kappa shape index (κ2) is 6.66. The van der Waals surface area contributed by atoms with E-state index >= 15 is 0 Å².